The molecule has 1 aliphatic rings. The van der Waals surface area contributed by atoms with Gasteiger partial charge in [-0.25, -0.2) is 17.5 Å². The van der Waals surface area contributed by atoms with E-state index in [0.717, 1.165) is 19.5 Å². The number of nitrogens with one attached hydrogen (secondary N) is 1. The Morgan fingerprint density at radius 3 is 2.59 bits per heavy atom. The molecule has 0 saturated carbocycles. The van der Waals surface area contributed by atoms with Gasteiger partial charge in [-0.05, 0) is 47.2 Å². The smallest absolute Gasteiger partial charge is 0.300 e. The SMILES string of the molecule is O=C(NS(=O)(=O)c1ccccc1I)c1cc2c(F)cc(N3CCC3)cc2o1. The molecule has 1 saturated heterocycles. The van der Waals surface area contributed by atoms with Crippen LogP contribution >= 0.6 is 22.6 Å². The van der Waals surface area contributed by atoms with Gasteiger partial charge in [0.25, 0.3) is 10.0 Å². The van der Waals surface area contributed by atoms with Crippen molar-refractivity contribution in [2.75, 3.05) is 18.0 Å². The van der Waals surface area contributed by atoms with Gasteiger partial charge in [-0.15, -0.1) is 0 Å². The molecule has 0 atom stereocenters. The number of carbonyl (C=O) groups excluding carboxylic acids is 1. The highest BCUT2D eigenvalue weighted by Crippen LogP contribution is 2.30. The highest BCUT2D eigenvalue weighted by atomic mass is 127. The fourth-order valence-corrected chi connectivity index (χ4v) is 5.14. The standard InChI is InChI=1S/C18H14FIN2O4S/c19-13-8-11(22-6-3-7-22)9-15-12(13)10-16(26-15)18(23)21-27(24,25)17-5-2-1-4-14(17)20/h1-2,4-5,8-10H,3,6-7H2,(H,21,23). The summed E-state index contributed by atoms with van der Waals surface area (Å²) in [7, 11) is -4.07. The number of benzene rings is 2. The molecular formula is C18H14FIN2O4S. The molecule has 1 aliphatic heterocycles. The Kier molecular flexibility index (Phi) is 4.58. The van der Waals surface area contributed by atoms with Gasteiger partial charge in [0.2, 0.25) is 0 Å². The fraction of sp³-hybridized carbons (Fsp3) is 0.167. The third-order valence-corrected chi connectivity index (χ3v) is 7.07. The van der Waals surface area contributed by atoms with Crippen molar-refractivity contribution in [3.8, 4) is 0 Å². The van der Waals surface area contributed by atoms with Gasteiger partial charge in [-0.1, -0.05) is 12.1 Å². The van der Waals surface area contributed by atoms with Crippen molar-refractivity contribution in [2.45, 2.75) is 11.3 Å². The topological polar surface area (TPSA) is 79.6 Å². The molecule has 3 aromatic rings. The van der Waals surface area contributed by atoms with Crippen LogP contribution in [-0.4, -0.2) is 27.4 Å². The normalized spacial score (nSPS) is 14.2. The van der Waals surface area contributed by atoms with Crippen LogP contribution in [-0.2, 0) is 10.0 Å². The Balaban J connectivity index is 1.65. The van der Waals surface area contributed by atoms with E-state index < -0.39 is 21.7 Å². The van der Waals surface area contributed by atoms with Crippen LogP contribution in [0.2, 0.25) is 0 Å². The van der Waals surface area contributed by atoms with Gasteiger partial charge in [-0.2, -0.15) is 0 Å². The van der Waals surface area contributed by atoms with E-state index in [2.05, 4.69) is 0 Å². The van der Waals surface area contributed by atoms with Crippen LogP contribution in [0.1, 0.15) is 17.0 Å². The summed E-state index contributed by atoms with van der Waals surface area (Å²) in [4.78, 5) is 14.4. The molecule has 1 N–H and O–H groups in total. The summed E-state index contributed by atoms with van der Waals surface area (Å²) in [5, 5.41) is 0.135. The molecule has 140 valence electrons. The van der Waals surface area contributed by atoms with Gasteiger partial charge >= 0.3 is 5.91 Å². The first-order valence-electron chi connectivity index (χ1n) is 8.15. The third-order valence-electron chi connectivity index (χ3n) is 4.37. The Bertz CT molecular complexity index is 1160. The van der Waals surface area contributed by atoms with Crippen molar-refractivity contribution in [3.63, 3.8) is 0 Å². The number of furan rings is 1. The summed E-state index contributed by atoms with van der Waals surface area (Å²) in [6.45, 7) is 1.68. The number of amides is 1. The summed E-state index contributed by atoms with van der Waals surface area (Å²) in [6.07, 6.45) is 1.04. The summed E-state index contributed by atoms with van der Waals surface area (Å²) < 4.78 is 47.1. The maximum atomic E-state index is 14.4. The van der Waals surface area contributed by atoms with Gasteiger partial charge in [0, 0.05) is 34.5 Å². The van der Waals surface area contributed by atoms with Crippen LogP contribution in [0.3, 0.4) is 0 Å². The molecule has 0 spiro atoms. The Hall–Kier alpha value is -2.14. The maximum Gasteiger partial charge on any atom is 0.300 e. The van der Waals surface area contributed by atoms with Crippen molar-refractivity contribution >= 4 is 55.2 Å². The van der Waals surface area contributed by atoms with E-state index >= 15 is 0 Å². The van der Waals surface area contributed by atoms with Crippen molar-refractivity contribution < 1.29 is 22.0 Å². The zero-order valence-corrected chi connectivity index (χ0v) is 16.9. The molecule has 0 radical (unpaired) electrons. The van der Waals surface area contributed by atoms with Crippen LogP contribution in [0.15, 0.2) is 51.8 Å². The molecular weight excluding hydrogens is 486 g/mol. The van der Waals surface area contributed by atoms with E-state index in [1.165, 1.54) is 18.2 Å². The highest BCUT2D eigenvalue weighted by Gasteiger charge is 2.24. The molecule has 6 nitrogen and oxygen atoms in total. The monoisotopic (exact) mass is 500 g/mol. The number of sulfonamides is 1. The number of rotatable bonds is 4. The van der Waals surface area contributed by atoms with Gasteiger partial charge in [0.1, 0.15) is 16.3 Å². The summed E-state index contributed by atoms with van der Waals surface area (Å²) in [6, 6.07) is 10.5. The van der Waals surface area contributed by atoms with Gasteiger partial charge in [0.05, 0.1) is 5.39 Å². The first kappa shape index (κ1) is 18.2. The lowest BCUT2D eigenvalue weighted by atomic mass is 10.1. The minimum Gasteiger partial charge on any atom is -0.451 e. The van der Waals surface area contributed by atoms with Gasteiger partial charge in [0.15, 0.2) is 5.76 Å². The molecule has 0 unspecified atom stereocenters. The number of halogens is 2. The van der Waals surface area contributed by atoms with Crippen molar-refractivity contribution in [1.29, 1.82) is 0 Å². The zero-order valence-electron chi connectivity index (χ0n) is 13.9. The van der Waals surface area contributed by atoms with E-state index in [-0.39, 0.29) is 21.6 Å². The first-order valence-corrected chi connectivity index (χ1v) is 10.7. The zero-order chi connectivity index (χ0) is 19.2. The van der Waals surface area contributed by atoms with E-state index in [0.29, 0.717) is 9.26 Å². The Morgan fingerprint density at radius 1 is 1.19 bits per heavy atom. The first-order chi connectivity index (χ1) is 12.8. The molecule has 1 aromatic heterocycles. The van der Waals surface area contributed by atoms with E-state index in [9.17, 15) is 17.6 Å². The highest BCUT2D eigenvalue weighted by molar-refractivity contribution is 14.1. The lowest BCUT2D eigenvalue weighted by Gasteiger charge is -2.33. The second-order valence-electron chi connectivity index (χ2n) is 6.16. The minimum atomic E-state index is -4.07. The fourth-order valence-electron chi connectivity index (χ4n) is 2.84. The average molecular weight is 500 g/mol. The predicted molar refractivity (Wildman–Crippen MR) is 107 cm³/mol. The molecule has 4 rings (SSSR count). The van der Waals surface area contributed by atoms with Crippen molar-refractivity contribution in [1.82, 2.24) is 4.72 Å². The third kappa shape index (κ3) is 3.41. The van der Waals surface area contributed by atoms with E-state index in [4.69, 9.17) is 4.42 Å². The molecule has 1 fully saturated rings. The molecule has 2 aromatic carbocycles. The van der Waals surface area contributed by atoms with Crippen molar-refractivity contribution in [2.24, 2.45) is 0 Å². The van der Waals surface area contributed by atoms with Crippen LogP contribution in [0.25, 0.3) is 11.0 Å². The van der Waals surface area contributed by atoms with Crippen molar-refractivity contribution in [3.05, 3.63) is 57.6 Å². The molecule has 2 heterocycles. The van der Waals surface area contributed by atoms with Gasteiger partial charge < -0.3 is 9.32 Å². The van der Waals surface area contributed by atoms with Crippen LogP contribution < -0.4 is 9.62 Å². The lowest BCUT2D eigenvalue weighted by molar-refractivity contribution is 0.0956. The number of carbonyl (C=O) groups is 1. The lowest BCUT2D eigenvalue weighted by Crippen LogP contribution is -2.36. The largest absolute Gasteiger partial charge is 0.451 e. The Morgan fingerprint density at radius 2 is 1.93 bits per heavy atom. The molecule has 1 amide bonds. The van der Waals surface area contributed by atoms with E-state index in [1.54, 1.807) is 24.3 Å². The second kappa shape index (κ2) is 6.79. The number of nitrogens with zero attached hydrogens (tertiary/aromatic N) is 1. The summed E-state index contributed by atoms with van der Waals surface area (Å²) in [5.41, 5.74) is 0.882. The number of hydrogen-bond donors (Lipinski definition) is 1. The van der Waals surface area contributed by atoms with Crippen LogP contribution in [0, 0.1) is 9.39 Å². The molecule has 27 heavy (non-hydrogen) atoms. The summed E-state index contributed by atoms with van der Waals surface area (Å²) >= 11 is 1.87. The quantitative estimate of drug-likeness (QED) is 0.555. The average Bonchev–Trinajstić information content (AvgIpc) is 2.98. The molecule has 0 aliphatic carbocycles. The minimum absolute atomic E-state index is 0.0127. The van der Waals surface area contributed by atoms with Gasteiger partial charge in [-0.3, -0.25) is 4.79 Å². The molecule has 9 heteroatoms. The predicted octanol–water partition coefficient (Wildman–Crippen LogP) is 3.51. The van der Waals surface area contributed by atoms with Crippen LogP contribution in [0.5, 0.6) is 0 Å². The maximum absolute atomic E-state index is 14.4. The number of hydrogen-bond acceptors (Lipinski definition) is 5. The van der Waals surface area contributed by atoms with Crippen LogP contribution in [0.4, 0.5) is 10.1 Å². The Labute approximate surface area is 168 Å². The molecule has 0 bridgehead atoms. The number of fused-ring (bicyclic) bond motifs is 1. The summed E-state index contributed by atoms with van der Waals surface area (Å²) in [5.74, 6) is -1.73. The van der Waals surface area contributed by atoms with E-state index in [1.807, 2.05) is 32.2 Å². The number of anilines is 1. The second-order valence-corrected chi connectivity index (χ2v) is 8.97.